The smallest absolute Gasteiger partial charge is 0.239 e. The van der Waals surface area contributed by atoms with Crippen LogP contribution in [0.5, 0.6) is 0 Å². The lowest BCUT2D eigenvalue weighted by Gasteiger charge is -2.18. The van der Waals surface area contributed by atoms with Crippen LogP contribution in [0.3, 0.4) is 0 Å². The van der Waals surface area contributed by atoms with Crippen molar-refractivity contribution in [3.05, 3.63) is 11.8 Å². The van der Waals surface area contributed by atoms with Gasteiger partial charge in [0, 0.05) is 32.4 Å². The van der Waals surface area contributed by atoms with Crippen molar-refractivity contribution in [2.75, 3.05) is 37.4 Å². The molecule has 1 amide bonds. The van der Waals surface area contributed by atoms with Crippen LogP contribution in [-0.2, 0) is 4.79 Å². The average Bonchev–Trinajstić information content (AvgIpc) is 2.28. The molecule has 1 aromatic heterocycles. The highest BCUT2D eigenvalue weighted by atomic mass is 16.1. The van der Waals surface area contributed by atoms with Gasteiger partial charge in [0.15, 0.2) is 0 Å². The van der Waals surface area contributed by atoms with Crippen molar-refractivity contribution in [3.63, 3.8) is 0 Å². The van der Waals surface area contributed by atoms with E-state index < -0.39 is 0 Å². The zero-order valence-corrected chi connectivity index (χ0v) is 10.7. The van der Waals surface area contributed by atoms with E-state index in [-0.39, 0.29) is 12.5 Å². The van der Waals surface area contributed by atoms with Gasteiger partial charge >= 0.3 is 0 Å². The van der Waals surface area contributed by atoms with Crippen molar-refractivity contribution in [1.29, 1.82) is 0 Å². The molecule has 0 saturated carbocycles. The molecule has 6 heteroatoms. The summed E-state index contributed by atoms with van der Waals surface area (Å²) in [5, 5.41) is 5.64. The van der Waals surface area contributed by atoms with E-state index in [4.69, 9.17) is 0 Å². The molecule has 0 aromatic carbocycles. The number of amides is 1. The number of rotatable bonds is 5. The molecule has 94 valence electrons. The van der Waals surface area contributed by atoms with Crippen molar-refractivity contribution in [1.82, 2.24) is 15.3 Å². The second kappa shape index (κ2) is 6.03. The zero-order chi connectivity index (χ0) is 12.8. The van der Waals surface area contributed by atoms with Crippen molar-refractivity contribution in [2.45, 2.75) is 13.8 Å². The Morgan fingerprint density at radius 2 is 2.18 bits per heavy atom. The maximum Gasteiger partial charge on any atom is 0.239 e. The number of carbonyl (C=O) groups excluding carboxylic acids is 1. The highest BCUT2D eigenvalue weighted by Gasteiger charge is 2.09. The quantitative estimate of drug-likeness (QED) is 0.775. The minimum absolute atomic E-state index is 0.0474. The summed E-state index contributed by atoms with van der Waals surface area (Å²) in [7, 11) is 3.44. The highest BCUT2D eigenvalue weighted by Crippen LogP contribution is 2.12. The summed E-state index contributed by atoms with van der Waals surface area (Å²) in [5.41, 5.74) is 0.870. The molecule has 6 nitrogen and oxygen atoms in total. The summed E-state index contributed by atoms with van der Waals surface area (Å²) >= 11 is 0. The molecule has 0 unspecified atom stereocenters. The van der Waals surface area contributed by atoms with E-state index in [2.05, 4.69) is 20.6 Å². The Kier molecular flexibility index (Phi) is 4.68. The molecule has 0 aliphatic rings. The molecule has 2 N–H and O–H groups in total. The largest absolute Gasteiger partial charge is 0.358 e. The van der Waals surface area contributed by atoms with Crippen LogP contribution in [0.25, 0.3) is 0 Å². The molecule has 1 rings (SSSR count). The fourth-order valence-electron chi connectivity index (χ4n) is 1.36. The van der Waals surface area contributed by atoms with Gasteiger partial charge in [-0.05, 0) is 13.8 Å². The molecule has 1 heterocycles. The fraction of sp³-hybridized carbons (Fsp3) is 0.545. The summed E-state index contributed by atoms with van der Waals surface area (Å²) in [5.74, 6) is 1.28. The first-order valence-electron chi connectivity index (χ1n) is 5.58. The van der Waals surface area contributed by atoms with E-state index in [0.29, 0.717) is 5.95 Å². The Labute approximate surface area is 101 Å². The topological polar surface area (TPSA) is 70.2 Å². The molecule has 0 bridgehead atoms. The van der Waals surface area contributed by atoms with Gasteiger partial charge < -0.3 is 15.5 Å². The standard InChI is InChI=1S/C11H19N5O/c1-5-13-11-14-8(2)6-9(15-11)16(4)7-10(17)12-3/h6H,5,7H2,1-4H3,(H,12,17)(H,13,14,15). The van der Waals surface area contributed by atoms with E-state index in [9.17, 15) is 4.79 Å². The molecule has 0 aliphatic carbocycles. The molecule has 0 atom stereocenters. The van der Waals surface area contributed by atoms with Gasteiger partial charge in [-0.3, -0.25) is 4.79 Å². The van der Waals surface area contributed by atoms with E-state index in [1.54, 1.807) is 11.9 Å². The molecule has 0 aliphatic heterocycles. The molecule has 0 saturated heterocycles. The van der Waals surface area contributed by atoms with Gasteiger partial charge in [0.05, 0.1) is 6.54 Å². The maximum atomic E-state index is 11.3. The number of hydrogen-bond acceptors (Lipinski definition) is 5. The number of aryl methyl sites for hydroxylation is 1. The van der Waals surface area contributed by atoms with Crippen LogP contribution >= 0.6 is 0 Å². The minimum Gasteiger partial charge on any atom is -0.358 e. The fourth-order valence-corrected chi connectivity index (χ4v) is 1.36. The zero-order valence-electron chi connectivity index (χ0n) is 10.7. The first-order chi connectivity index (χ1) is 8.06. The Bertz CT molecular complexity index is 393. The van der Waals surface area contributed by atoms with Crippen LogP contribution in [-0.4, -0.2) is 43.1 Å². The summed E-state index contributed by atoms with van der Waals surface area (Å²) in [4.78, 5) is 21.7. The third kappa shape index (κ3) is 3.90. The van der Waals surface area contributed by atoms with Gasteiger partial charge in [-0.15, -0.1) is 0 Å². The molecule has 17 heavy (non-hydrogen) atoms. The Balaban J connectivity index is 2.85. The normalized spacial score (nSPS) is 9.88. The third-order valence-corrected chi connectivity index (χ3v) is 2.23. The van der Waals surface area contributed by atoms with Crippen molar-refractivity contribution >= 4 is 17.7 Å². The Morgan fingerprint density at radius 3 is 2.76 bits per heavy atom. The van der Waals surface area contributed by atoms with Crippen LogP contribution < -0.4 is 15.5 Å². The molecular weight excluding hydrogens is 218 g/mol. The van der Waals surface area contributed by atoms with Gasteiger partial charge in [-0.2, -0.15) is 4.98 Å². The van der Waals surface area contributed by atoms with Gasteiger partial charge in [-0.1, -0.05) is 0 Å². The Hall–Kier alpha value is -1.85. The summed E-state index contributed by atoms with van der Waals surface area (Å²) in [6.45, 7) is 4.93. The van der Waals surface area contributed by atoms with E-state index in [1.165, 1.54) is 0 Å². The lowest BCUT2D eigenvalue weighted by atomic mass is 10.4. The molecule has 0 fully saturated rings. The van der Waals surface area contributed by atoms with Gasteiger partial charge in [0.1, 0.15) is 5.82 Å². The van der Waals surface area contributed by atoms with Crippen LogP contribution in [0.4, 0.5) is 11.8 Å². The third-order valence-electron chi connectivity index (χ3n) is 2.23. The van der Waals surface area contributed by atoms with Crippen LogP contribution in [0.1, 0.15) is 12.6 Å². The number of nitrogens with one attached hydrogen (secondary N) is 2. The van der Waals surface area contributed by atoms with Crippen molar-refractivity contribution < 1.29 is 4.79 Å². The predicted octanol–water partition coefficient (Wildman–Crippen LogP) is 0.399. The lowest BCUT2D eigenvalue weighted by Crippen LogP contribution is -2.33. The molecular formula is C11H19N5O. The molecule has 1 aromatic rings. The van der Waals surface area contributed by atoms with Gasteiger partial charge in [0.2, 0.25) is 11.9 Å². The number of hydrogen-bond donors (Lipinski definition) is 2. The highest BCUT2D eigenvalue weighted by molar-refractivity contribution is 5.80. The first-order valence-corrected chi connectivity index (χ1v) is 5.58. The summed E-state index contributed by atoms with van der Waals surface area (Å²) in [6.07, 6.45) is 0. The van der Waals surface area contributed by atoms with Crippen LogP contribution in [0, 0.1) is 6.92 Å². The number of nitrogens with zero attached hydrogens (tertiary/aromatic N) is 3. The van der Waals surface area contributed by atoms with Gasteiger partial charge in [-0.25, -0.2) is 4.98 Å². The van der Waals surface area contributed by atoms with Crippen molar-refractivity contribution in [2.24, 2.45) is 0 Å². The molecule has 0 spiro atoms. The average molecular weight is 237 g/mol. The van der Waals surface area contributed by atoms with E-state index in [1.807, 2.05) is 27.0 Å². The van der Waals surface area contributed by atoms with Crippen molar-refractivity contribution in [3.8, 4) is 0 Å². The number of anilines is 2. The second-order valence-electron chi connectivity index (χ2n) is 3.75. The monoisotopic (exact) mass is 237 g/mol. The van der Waals surface area contributed by atoms with E-state index in [0.717, 1.165) is 18.1 Å². The molecule has 0 radical (unpaired) electrons. The Morgan fingerprint density at radius 1 is 1.47 bits per heavy atom. The van der Waals surface area contributed by atoms with Crippen LogP contribution in [0.2, 0.25) is 0 Å². The maximum absolute atomic E-state index is 11.3. The second-order valence-corrected chi connectivity index (χ2v) is 3.75. The number of carbonyl (C=O) groups is 1. The number of aromatic nitrogens is 2. The van der Waals surface area contributed by atoms with Gasteiger partial charge in [0.25, 0.3) is 0 Å². The SMILES string of the molecule is CCNc1nc(C)cc(N(C)CC(=O)NC)n1. The lowest BCUT2D eigenvalue weighted by molar-refractivity contribution is -0.119. The summed E-state index contributed by atoms with van der Waals surface area (Å²) < 4.78 is 0. The predicted molar refractivity (Wildman–Crippen MR) is 68.3 cm³/mol. The summed E-state index contributed by atoms with van der Waals surface area (Å²) in [6, 6.07) is 1.85. The van der Waals surface area contributed by atoms with Crippen LogP contribution in [0.15, 0.2) is 6.07 Å². The minimum atomic E-state index is -0.0474. The number of likely N-dealkylation sites (N-methyl/N-ethyl adjacent to an activating group) is 2. The first kappa shape index (κ1) is 13.2. The van der Waals surface area contributed by atoms with E-state index >= 15 is 0 Å².